The maximum absolute atomic E-state index is 5.03. The topological polar surface area (TPSA) is 24.5 Å². The fraction of sp³-hybridized carbons (Fsp3) is 0.538. The normalized spacial score (nSPS) is 10.9. The number of rotatable bonds is 8. The molecule has 3 nitrogen and oxygen atoms in total. The molecular formula is C13H22N2O. The molecule has 0 fully saturated rings. The van der Waals surface area contributed by atoms with Gasteiger partial charge in [0.2, 0.25) is 0 Å². The van der Waals surface area contributed by atoms with Crippen molar-refractivity contribution in [2.24, 2.45) is 0 Å². The highest BCUT2D eigenvalue weighted by molar-refractivity contribution is 5.14. The summed E-state index contributed by atoms with van der Waals surface area (Å²) < 4.78 is 5.03. The van der Waals surface area contributed by atoms with Crippen LogP contribution in [0.15, 0.2) is 30.3 Å². The van der Waals surface area contributed by atoms with E-state index in [2.05, 4.69) is 41.5 Å². The lowest BCUT2D eigenvalue weighted by Crippen LogP contribution is -2.31. The first-order valence-electron chi connectivity index (χ1n) is 5.75. The fourth-order valence-corrected chi connectivity index (χ4v) is 1.46. The Balaban J connectivity index is 2.03. The molecule has 0 heterocycles. The number of hydrogen-bond acceptors (Lipinski definition) is 3. The third-order valence-corrected chi connectivity index (χ3v) is 2.52. The molecule has 90 valence electrons. The standard InChI is InChI=1S/C13H22N2O/c1-15(10-11-16-2)9-8-14-12-13-6-4-3-5-7-13/h3-7,14H,8-12H2,1-2H3. The Labute approximate surface area is 98.4 Å². The van der Waals surface area contributed by atoms with Crippen LogP contribution in [0.1, 0.15) is 5.56 Å². The molecule has 3 heteroatoms. The van der Waals surface area contributed by atoms with E-state index in [1.54, 1.807) is 7.11 Å². The van der Waals surface area contributed by atoms with Crippen LogP contribution in [0.4, 0.5) is 0 Å². The van der Waals surface area contributed by atoms with E-state index in [0.29, 0.717) is 0 Å². The van der Waals surface area contributed by atoms with Gasteiger partial charge in [-0.05, 0) is 12.6 Å². The third-order valence-electron chi connectivity index (χ3n) is 2.52. The highest BCUT2D eigenvalue weighted by Crippen LogP contribution is 1.96. The van der Waals surface area contributed by atoms with Crippen molar-refractivity contribution < 1.29 is 4.74 Å². The molecule has 0 aliphatic heterocycles. The Kier molecular flexibility index (Phi) is 6.81. The first-order valence-corrected chi connectivity index (χ1v) is 5.75. The van der Waals surface area contributed by atoms with Crippen molar-refractivity contribution in [2.75, 3.05) is 40.4 Å². The number of hydrogen-bond donors (Lipinski definition) is 1. The number of ether oxygens (including phenoxy) is 1. The third kappa shape index (κ3) is 5.85. The second-order valence-corrected chi connectivity index (χ2v) is 3.96. The lowest BCUT2D eigenvalue weighted by molar-refractivity contribution is 0.161. The smallest absolute Gasteiger partial charge is 0.0589 e. The molecule has 0 saturated carbocycles. The highest BCUT2D eigenvalue weighted by Gasteiger charge is 1.96. The lowest BCUT2D eigenvalue weighted by Gasteiger charge is -2.16. The van der Waals surface area contributed by atoms with Gasteiger partial charge in [0.05, 0.1) is 6.61 Å². The van der Waals surface area contributed by atoms with E-state index >= 15 is 0 Å². The average Bonchev–Trinajstić information content (AvgIpc) is 2.33. The first-order chi connectivity index (χ1) is 7.83. The van der Waals surface area contributed by atoms with Crippen molar-refractivity contribution in [2.45, 2.75) is 6.54 Å². The monoisotopic (exact) mass is 222 g/mol. The summed E-state index contributed by atoms with van der Waals surface area (Å²) in [5.74, 6) is 0. The maximum Gasteiger partial charge on any atom is 0.0589 e. The zero-order valence-electron chi connectivity index (χ0n) is 10.3. The summed E-state index contributed by atoms with van der Waals surface area (Å²) in [6.07, 6.45) is 0. The first kappa shape index (κ1) is 13.2. The van der Waals surface area contributed by atoms with E-state index < -0.39 is 0 Å². The van der Waals surface area contributed by atoms with Crippen LogP contribution in [-0.2, 0) is 11.3 Å². The molecule has 0 bridgehead atoms. The molecule has 0 unspecified atom stereocenters. The molecule has 1 rings (SSSR count). The van der Waals surface area contributed by atoms with Crippen LogP contribution in [0.25, 0.3) is 0 Å². The number of nitrogens with one attached hydrogen (secondary N) is 1. The van der Waals surface area contributed by atoms with Gasteiger partial charge < -0.3 is 15.0 Å². The van der Waals surface area contributed by atoms with E-state index in [1.807, 2.05) is 6.07 Å². The Bertz CT molecular complexity index is 264. The van der Waals surface area contributed by atoms with Crippen LogP contribution < -0.4 is 5.32 Å². The predicted octanol–water partition coefficient (Wildman–Crippen LogP) is 1.35. The van der Waals surface area contributed by atoms with E-state index in [1.165, 1.54) is 5.56 Å². The molecule has 1 N–H and O–H groups in total. The Morgan fingerprint density at radius 2 is 1.94 bits per heavy atom. The minimum absolute atomic E-state index is 0.801. The zero-order chi connectivity index (χ0) is 11.6. The van der Waals surface area contributed by atoms with Crippen LogP contribution in [0, 0.1) is 0 Å². The highest BCUT2D eigenvalue weighted by atomic mass is 16.5. The lowest BCUT2D eigenvalue weighted by atomic mass is 10.2. The summed E-state index contributed by atoms with van der Waals surface area (Å²) in [5, 5.41) is 3.43. The molecule has 0 aliphatic rings. The molecule has 0 radical (unpaired) electrons. The molecular weight excluding hydrogens is 200 g/mol. The van der Waals surface area contributed by atoms with Gasteiger partial charge in [0.15, 0.2) is 0 Å². The van der Waals surface area contributed by atoms with Gasteiger partial charge in [-0.1, -0.05) is 30.3 Å². The minimum Gasteiger partial charge on any atom is -0.383 e. The zero-order valence-corrected chi connectivity index (χ0v) is 10.3. The van der Waals surface area contributed by atoms with Gasteiger partial charge >= 0.3 is 0 Å². The Hall–Kier alpha value is -0.900. The Morgan fingerprint density at radius 3 is 2.62 bits per heavy atom. The average molecular weight is 222 g/mol. The summed E-state index contributed by atoms with van der Waals surface area (Å²) in [7, 11) is 3.85. The van der Waals surface area contributed by atoms with Gasteiger partial charge in [-0.2, -0.15) is 0 Å². The largest absolute Gasteiger partial charge is 0.383 e. The molecule has 0 aromatic heterocycles. The van der Waals surface area contributed by atoms with E-state index in [-0.39, 0.29) is 0 Å². The number of likely N-dealkylation sites (N-methyl/N-ethyl adjacent to an activating group) is 1. The maximum atomic E-state index is 5.03. The van der Waals surface area contributed by atoms with Crippen molar-refractivity contribution in [3.63, 3.8) is 0 Å². The molecule has 0 spiro atoms. The summed E-state index contributed by atoms with van der Waals surface area (Å²) >= 11 is 0. The predicted molar refractivity (Wildman–Crippen MR) is 67.5 cm³/mol. The molecule has 1 aromatic carbocycles. The number of benzene rings is 1. The van der Waals surface area contributed by atoms with E-state index in [0.717, 1.165) is 32.8 Å². The van der Waals surface area contributed by atoms with Crippen LogP contribution in [-0.4, -0.2) is 45.3 Å². The second-order valence-electron chi connectivity index (χ2n) is 3.96. The second kappa shape index (κ2) is 8.28. The van der Waals surface area contributed by atoms with Gasteiger partial charge in [0, 0.05) is 33.3 Å². The summed E-state index contributed by atoms with van der Waals surface area (Å²) in [5.41, 5.74) is 1.34. The summed E-state index contributed by atoms with van der Waals surface area (Å²) in [6.45, 7) is 4.79. The SMILES string of the molecule is COCCN(C)CCNCc1ccccc1. The van der Waals surface area contributed by atoms with E-state index in [4.69, 9.17) is 4.74 Å². The van der Waals surface area contributed by atoms with Crippen molar-refractivity contribution in [3.8, 4) is 0 Å². The van der Waals surface area contributed by atoms with Crippen LogP contribution in [0.2, 0.25) is 0 Å². The quantitative estimate of drug-likeness (QED) is 0.672. The van der Waals surface area contributed by atoms with Gasteiger partial charge in [-0.15, -0.1) is 0 Å². The number of nitrogens with zero attached hydrogens (tertiary/aromatic N) is 1. The molecule has 0 saturated heterocycles. The number of methoxy groups -OCH3 is 1. The van der Waals surface area contributed by atoms with E-state index in [9.17, 15) is 0 Å². The van der Waals surface area contributed by atoms with Gasteiger partial charge in [-0.3, -0.25) is 0 Å². The molecule has 1 aromatic rings. The van der Waals surface area contributed by atoms with Crippen molar-refractivity contribution in [1.29, 1.82) is 0 Å². The molecule has 16 heavy (non-hydrogen) atoms. The van der Waals surface area contributed by atoms with Gasteiger partial charge in [0.1, 0.15) is 0 Å². The molecule has 0 atom stereocenters. The van der Waals surface area contributed by atoms with Crippen molar-refractivity contribution >= 4 is 0 Å². The minimum atomic E-state index is 0.801. The Morgan fingerprint density at radius 1 is 1.19 bits per heavy atom. The van der Waals surface area contributed by atoms with Crippen LogP contribution >= 0.6 is 0 Å². The van der Waals surface area contributed by atoms with Crippen molar-refractivity contribution in [3.05, 3.63) is 35.9 Å². The molecule has 0 aliphatic carbocycles. The van der Waals surface area contributed by atoms with Crippen LogP contribution in [0.3, 0.4) is 0 Å². The van der Waals surface area contributed by atoms with Crippen molar-refractivity contribution in [1.82, 2.24) is 10.2 Å². The summed E-state index contributed by atoms with van der Waals surface area (Å²) in [4.78, 5) is 2.27. The summed E-state index contributed by atoms with van der Waals surface area (Å²) in [6, 6.07) is 10.5. The molecule has 0 amide bonds. The van der Waals surface area contributed by atoms with Gasteiger partial charge in [0.25, 0.3) is 0 Å². The van der Waals surface area contributed by atoms with Gasteiger partial charge in [-0.25, -0.2) is 0 Å². The van der Waals surface area contributed by atoms with Crippen LogP contribution in [0.5, 0.6) is 0 Å². The fourth-order valence-electron chi connectivity index (χ4n) is 1.46.